The summed E-state index contributed by atoms with van der Waals surface area (Å²) in [6, 6.07) is 13.9. The van der Waals surface area contributed by atoms with Gasteiger partial charge in [0, 0.05) is 35.9 Å². The van der Waals surface area contributed by atoms with Crippen LogP contribution in [0.1, 0.15) is 34.8 Å². The number of oxazole rings is 1. The molecule has 0 aliphatic carbocycles. The number of aromatic nitrogens is 2. The van der Waals surface area contributed by atoms with Gasteiger partial charge in [-0.3, -0.25) is 9.78 Å². The van der Waals surface area contributed by atoms with Crippen molar-refractivity contribution < 1.29 is 13.9 Å². The van der Waals surface area contributed by atoms with Crippen molar-refractivity contribution in [2.45, 2.75) is 38.3 Å². The van der Waals surface area contributed by atoms with E-state index in [0.29, 0.717) is 24.3 Å². The Kier molecular flexibility index (Phi) is 5.57. The summed E-state index contributed by atoms with van der Waals surface area (Å²) < 4.78 is 11.0. The molecule has 0 bridgehead atoms. The van der Waals surface area contributed by atoms with Crippen LogP contribution in [0.15, 0.2) is 51.7 Å². The van der Waals surface area contributed by atoms with Crippen LogP contribution in [0.3, 0.4) is 0 Å². The second-order valence-electron chi connectivity index (χ2n) is 9.96. The summed E-state index contributed by atoms with van der Waals surface area (Å²) in [4.78, 5) is 34.6. The summed E-state index contributed by atoms with van der Waals surface area (Å²) in [6.07, 6.45) is 1.51. The summed E-state index contributed by atoms with van der Waals surface area (Å²) in [5, 5.41) is 7.36. The molecule has 0 saturated carbocycles. The number of H-pyrrole nitrogens is 1. The van der Waals surface area contributed by atoms with Crippen molar-refractivity contribution in [2.75, 3.05) is 30.0 Å². The van der Waals surface area contributed by atoms with Crippen molar-refractivity contribution in [2.24, 2.45) is 0 Å². The van der Waals surface area contributed by atoms with E-state index in [2.05, 4.69) is 32.7 Å². The molecular formula is C26H27N5O4S. The first kappa shape index (κ1) is 22.8. The van der Waals surface area contributed by atoms with Crippen molar-refractivity contribution in [1.82, 2.24) is 15.3 Å². The zero-order valence-corrected chi connectivity index (χ0v) is 20.9. The molecule has 0 radical (unpaired) electrons. The summed E-state index contributed by atoms with van der Waals surface area (Å²) in [5.41, 5.74) is 4.71. The Morgan fingerprint density at radius 2 is 2.06 bits per heavy atom. The van der Waals surface area contributed by atoms with Crippen molar-refractivity contribution in [3.8, 4) is 0 Å². The molecule has 4 heterocycles. The van der Waals surface area contributed by atoms with Crippen molar-refractivity contribution in [3.05, 3.63) is 69.1 Å². The number of thiazole rings is 1. The molecule has 1 saturated heterocycles. The maximum Gasteiger partial charge on any atom is 0.417 e. The van der Waals surface area contributed by atoms with Crippen LogP contribution in [0.4, 0.5) is 16.5 Å². The van der Waals surface area contributed by atoms with E-state index in [9.17, 15) is 9.59 Å². The van der Waals surface area contributed by atoms with Gasteiger partial charge in [0.1, 0.15) is 4.88 Å². The van der Waals surface area contributed by atoms with Gasteiger partial charge < -0.3 is 24.7 Å². The third-order valence-corrected chi connectivity index (χ3v) is 7.67. The van der Waals surface area contributed by atoms with Crippen molar-refractivity contribution >= 4 is 44.9 Å². The minimum atomic E-state index is -0.464. The number of nitrogens with one attached hydrogen (secondary N) is 3. The molecule has 2 aromatic heterocycles. The highest BCUT2D eigenvalue weighted by Crippen LogP contribution is 2.34. The van der Waals surface area contributed by atoms with Gasteiger partial charge in [-0.1, -0.05) is 23.5 Å². The summed E-state index contributed by atoms with van der Waals surface area (Å²) in [6.45, 7) is 6.03. The number of ether oxygens (including phenoxy) is 1. The SMILES string of the molecule is CC1(C)Cc2nc(N3CCOCC3Cc3cccc(Nc4ccc5[nH]c(=O)oc5c4)c3)sc2C(=O)N1. The number of fused-ring (bicyclic) bond motifs is 2. The standard InChI is InChI=1S/C26H27N5O4S/c1-26(2)13-20-22(23(32)30-26)36-24(28-20)31-8-9-34-14-18(31)11-15-4-3-5-16(10-15)27-17-6-7-19-21(12-17)35-25(33)29-19/h3-7,10,12,18,27H,8-9,11,13-14H2,1-2H3,(H,29,33)(H,30,32). The monoisotopic (exact) mass is 505 g/mol. The second kappa shape index (κ2) is 8.79. The van der Waals surface area contributed by atoms with Crippen LogP contribution in [0.5, 0.6) is 0 Å². The van der Waals surface area contributed by atoms with Crippen LogP contribution < -0.4 is 21.3 Å². The smallest absolute Gasteiger partial charge is 0.408 e. The molecule has 1 fully saturated rings. The van der Waals surface area contributed by atoms with Crippen molar-refractivity contribution in [3.63, 3.8) is 0 Å². The largest absolute Gasteiger partial charge is 0.417 e. The van der Waals surface area contributed by atoms with Gasteiger partial charge in [-0.05, 0) is 50.1 Å². The lowest BCUT2D eigenvalue weighted by molar-refractivity contribution is 0.0900. The Balaban J connectivity index is 1.21. The molecule has 1 amide bonds. The van der Waals surface area contributed by atoms with Crippen LogP contribution in [-0.2, 0) is 17.6 Å². The zero-order valence-electron chi connectivity index (χ0n) is 20.1. The lowest BCUT2D eigenvalue weighted by Gasteiger charge is -2.35. The molecule has 6 rings (SSSR count). The van der Waals surface area contributed by atoms with Crippen molar-refractivity contribution in [1.29, 1.82) is 0 Å². The quantitative estimate of drug-likeness (QED) is 0.378. The van der Waals surface area contributed by atoms with E-state index >= 15 is 0 Å². The number of carbonyl (C=O) groups excluding carboxylic acids is 1. The molecule has 2 aromatic carbocycles. The highest BCUT2D eigenvalue weighted by atomic mass is 32.1. The number of hydrogen-bond acceptors (Lipinski definition) is 8. The first-order valence-electron chi connectivity index (χ1n) is 12.0. The highest BCUT2D eigenvalue weighted by Gasteiger charge is 2.35. The lowest BCUT2D eigenvalue weighted by atomic mass is 9.94. The van der Waals surface area contributed by atoms with Crippen LogP contribution in [0, 0.1) is 0 Å². The summed E-state index contributed by atoms with van der Waals surface area (Å²) in [7, 11) is 0. The van der Waals surface area contributed by atoms with Crippen LogP contribution in [-0.4, -0.2) is 47.2 Å². The van der Waals surface area contributed by atoms with Gasteiger partial charge in [-0.15, -0.1) is 0 Å². The third kappa shape index (κ3) is 4.49. The van der Waals surface area contributed by atoms with E-state index in [1.165, 1.54) is 11.3 Å². The van der Waals surface area contributed by atoms with E-state index in [4.69, 9.17) is 14.1 Å². The van der Waals surface area contributed by atoms with Crippen LogP contribution >= 0.6 is 11.3 Å². The molecule has 3 N–H and O–H groups in total. The number of aromatic amines is 1. The number of hydrogen-bond donors (Lipinski definition) is 3. The number of rotatable bonds is 5. The fourth-order valence-corrected chi connectivity index (χ4v) is 5.98. The third-order valence-electron chi connectivity index (χ3n) is 6.53. The van der Waals surface area contributed by atoms with E-state index in [1.54, 1.807) is 6.07 Å². The predicted molar refractivity (Wildman–Crippen MR) is 140 cm³/mol. The van der Waals surface area contributed by atoms with Crippen LogP contribution in [0.25, 0.3) is 11.1 Å². The van der Waals surface area contributed by atoms with Gasteiger partial charge >= 0.3 is 5.76 Å². The molecule has 2 aliphatic heterocycles. The minimum absolute atomic E-state index is 0.0364. The Morgan fingerprint density at radius 1 is 1.19 bits per heavy atom. The average molecular weight is 506 g/mol. The maximum absolute atomic E-state index is 12.6. The van der Waals surface area contributed by atoms with Gasteiger partial charge in [0.2, 0.25) is 0 Å². The topological polar surface area (TPSA) is 112 Å². The molecule has 4 aromatic rings. The summed E-state index contributed by atoms with van der Waals surface area (Å²) in [5.74, 6) is -0.500. The molecule has 9 nitrogen and oxygen atoms in total. The number of nitrogens with zero attached hydrogens (tertiary/aromatic N) is 2. The molecule has 186 valence electrons. The Bertz CT molecular complexity index is 1500. The Morgan fingerprint density at radius 3 is 2.94 bits per heavy atom. The number of benzene rings is 2. The molecular weight excluding hydrogens is 478 g/mol. The first-order valence-corrected chi connectivity index (χ1v) is 12.8. The van der Waals surface area contributed by atoms with E-state index in [1.807, 2.05) is 38.1 Å². The molecule has 1 atom stereocenters. The normalized spacial score (nSPS) is 19.2. The van der Waals surface area contributed by atoms with Gasteiger partial charge in [0.25, 0.3) is 5.91 Å². The van der Waals surface area contributed by atoms with E-state index in [0.717, 1.165) is 52.0 Å². The van der Waals surface area contributed by atoms with Gasteiger partial charge in [-0.25, -0.2) is 9.78 Å². The average Bonchev–Trinajstić information content (AvgIpc) is 3.41. The minimum Gasteiger partial charge on any atom is -0.408 e. The van der Waals surface area contributed by atoms with E-state index in [-0.39, 0.29) is 17.5 Å². The molecule has 10 heteroatoms. The van der Waals surface area contributed by atoms with Crippen LogP contribution in [0.2, 0.25) is 0 Å². The Hall–Kier alpha value is -3.63. The predicted octanol–water partition coefficient (Wildman–Crippen LogP) is 3.83. The fourth-order valence-electron chi connectivity index (χ4n) is 4.90. The first-order chi connectivity index (χ1) is 17.3. The molecule has 0 spiro atoms. The second-order valence-corrected chi connectivity index (χ2v) is 10.9. The van der Waals surface area contributed by atoms with Gasteiger partial charge in [-0.2, -0.15) is 0 Å². The Labute approximate surface area is 211 Å². The zero-order chi connectivity index (χ0) is 24.9. The highest BCUT2D eigenvalue weighted by molar-refractivity contribution is 7.17. The maximum atomic E-state index is 12.6. The van der Waals surface area contributed by atoms with Gasteiger partial charge in [0.15, 0.2) is 10.7 Å². The van der Waals surface area contributed by atoms with E-state index < -0.39 is 5.76 Å². The molecule has 36 heavy (non-hydrogen) atoms. The summed E-state index contributed by atoms with van der Waals surface area (Å²) >= 11 is 1.47. The van der Waals surface area contributed by atoms with Gasteiger partial charge in [0.05, 0.1) is 30.5 Å². The lowest BCUT2D eigenvalue weighted by Crippen LogP contribution is -2.48. The number of amides is 1. The fraction of sp³-hybridized carbons (Fsp3) is 0.346. The number of anilines is 3. The molecule has 1 unspecified atom stereocenters. The number of carbonyl (C=O) groups is 1. The number of morpholine rings is 1. The molecule has 2 aliphatic rings.